The second kappa shape index (κ2) is 6.10. The maximum absolute atomic E-state index is 6.41. The predicted octanol–water partition coefficient (Wildman–Crippen LogP) is 5.27. The van der Waals surface area contributed by atoms with Crippen molar-refractivity contribution in [3.05, 3.63) is 47.0 Å². The molecule has 0 saturated carbocycles. The molecule has 0 nitrogen and oxygen atoms in total. The lowest BCUT2D eigenvalue weighted by atomic mass is 9.98. The van der Waals surface area contributed by atoms with Gasteiger partial charge in [-0.15, -0.1) is 11.6 Å². The van der Waals surface area contributed by atoms with Crippen LogP contribution in [-0.2, 0) is 0 Å². The molecule has 0 aromatic heterocycles. The first-order valence-electron chi connectivity index (χ1n) is 5.84. The molecule has 0 spiro atoms. The first kappa shape index (κ1) is 13.3. The quantitative estimate of drug-likeness (QED) is 0.494. The van der Waals surface area contributed by atoms with E-state index in [1.54, 1.807) is 0 Å². The number of hydrogen-bond donors (Lipinski definition) is 0. The van der Waals surface area contributed by atoms with Crippen LogP contribution in [-0.4, -0.2) is 0 Å². The molecule has 0 bridgehead atoms. The molecule has 0 N–H and O–H groups in total. The van der Waals surface area contributed by atoms with Crippen molar-refractivity contribution in [2.24, 2.45) is 5.92 Å². The smallest absolute Gasteiger partial charge is 0.0590 e. The Morgan fingerprint density at radius 1 is 1.25 bits per heavy atom. The van der Waals surface area contributed by atoms with Crippen LogP contribution in [0.2, 0.25) is 0 Å². The Kier molecular flexibility index (Phi) is 5.08. The van der Waals surface area contributed by atoms with Gasteiger partial charge in [-0.2, -0.15) is 0 Å². The maximum atomic E-state index is 6.41. The fourth-order valence-electron chi connectivity index (χ4n) is 1.87. The molecule has 0 amide bonds. The van der Waals surface area contributed by atoms with E-state index < -0.39 is 0 Å². The lowest BCUT2D eigenvalue weighted by Gasteiger charge is -2.14. The molecular weight excluding hydrogens is 216 g/mol. The Balaban J connectivity index is 2.62. The van der Waals surface area contributed by atoms with Crippen LogP contribution in [0.15, 0.2) is 35.9 Å². The van der Waals surface area contributed by atoms with Crippen LogP contribution < -0.4 is 0 Å². The summed E-state index contributed by atoms with van der Waals surface area (Å²) in [6, 6.07) is 8.50. The van der Waals surface area contributed by atoms with E-state index >= 15 is 0 Å². The van der Waals surface area contributed by atoms with Crippen molar-refractivity contribution in [2.75, 3.05) is 0 Å². The molecule has 0 saturated heterocycles. The van der Waals surface area contributed by atoms with Crippen molar-refractivity contribution in [3.8, 4) is 0 Å². The highest BCUT2D eigenvalue weighted by molar-refractivity contribution is 6.20. The minimum atomic E-state index is 0.117. The summed E-state index contributed by atoms with van der Waals surface area (Å²) in [6.45, 7) is 8.58. The van der Waals surface area contributed by atoms with Crippen LogP contribution in [0.3, 0.4) is 0 Å². The van der Waals surface area contributed by atoms with E-state index in [0.29, 0.717) is 5.92 Å². The number of halogens is 1. The topological polar surface area (TPSA) is 0 Å². The summed E-state index contributed by atoms with van der Waals surface area (Å²) in [7, 11) is 0. The Bertz CT molecular complexity index is 344. The molecule has 0 fully saturated rings. The Labute approximate surface area is 104 Å². The Morgan fingerprint density at radius 2 is 1.81 bits per heavy atom. The Hall–Kier alpha value is -0.750. The van der Waals surface area contributed by atoms with E-state index in [1.807, 2.05) is 0 Å². The lowest BCUT2D eigenvalue weighted by molar-refractivity contribution is 0.629. The molecule has 1 heteroatoms. The molecule has 0 heterocycles. The van der Waals surface area contributed by atoms with Crippen LogP contribution in [0.25, 0.3) is 0 Å². The first-order chi connectivity index (χ1) is 7.49. The molecule has 1 rings (SSSR count). The third-order valence-corrected chi connectivity index (χ3v) is 3.07. The first-order valence-corrected chi connectivity index (χ1v) is 6.28. The summed E-state index contributed by atoms with van der Waals surface area (Å²) in [6.07, 6.45) is 3.28. The highest BCUT2D eigenvalue weighted by Gasteiger charge is 2.10. The van der Waals surface area contributed by atoms with Gasteiger partial charge in [0.1, 0.15) is 0 Å². The zero-order valence-corrected chi connectivity index (χ0v) is 11.4. The number of aryl methyl sites for hydroxylation is 1. The summed E-state index contributed by atoms with van der Waals surface area (Å²) in [5.74, 6) is 0.536. The van der Waals surface area contributed by atoms with Gasteiger partial charge in [-0.1, -0.05) is 48.4 Å². The number of benzene rings is 1. The van der Waals surface area contributed by atoms with Crippen molar-refractivity contribution in [3.63, 3.8) is 0 Å². The maximum Gasteiger partial charge on any atom is 0.0590 e. The molecule has 16 heavy (non-hydrogen) atoms. The molecule has 1 aromatic rings. The van der Waals surface area contributed by atoms with E-state index in [4.69, 9.17) is 11.6 Å². The molecule has 0 radical (unpaired) electrons. The van der Waals surface area contributed by atoms with E-state index in [0.717, 1.165) is 6.42 Å². The molecule has 2 unspecified atom stereocenters. The number of hydrogen-bond acceptors (Lipinski definition) is 0. The lowest BCUT2D eigenvalue weighted by Crippen LogP contribution is -1.98. The third kappa shape index (κ3) is 4.40. The van der Waals surface area contributed by atoms with Gasteiger partial charge in [0.05, 0.1) is 5.38 Å². The summed E-state index contributed by atoms with van der Waals surface area (Å²) < 4.78 is 0. The minimum Gasteiger partial charge on any atom is -0.118 e. The summed E-state index contributed by atoms with van der Waals surface area (Å²) in [5, 5.41) is 0.117. The summed E-state index contributed by atoms with van der Waals surface area (Å²) in [5.41, 5.74) is 3.87. The average molecular weight is 237 g/mol. The van der Waals surface area contributed by atoms with Gasteiger partial charge in [0.15, 0.2) is 0 Å². The minimum absolute atomic E-state index is 0.117. The normalized spacial score (nSPS) is 14.3. The van der Waals surface area contributed by atoms with Gasteiger partial charge in [-0.3, -0.25) is 0 Å². The van der Waals surface area contributed by atoms with Crippen LogP contribution in [0.4, 0.5) is 0 Å². The van der Waals surface area contributed by atoms with Crippen molar-refractivity contribution in [1.82, 2.24) is 0 Å². The van der Waals surface area contributed by atoms with Crippen molar-refractivity contribution >= 4 is 11.6 Å². The second-order valence-corrected chi connectivity index (χ2v) is 5.36. The van der Waals surface area contributed by atoms with Crippen molar-refractivity contribution < 1.29 is 0 Å². The molecule has 88 valence electrons. The van der Waals surface area contributed by atoms with Gasteiger partial charge in [0, 0.05) is 0 Å². The third-order valence-electron chi connectivity index (χ3n) is 2.64. The average Bonchev–Trinajstić information content (AvgIpc) is 2.16. The monoisotopic (exact) mass is 236 g/mol. The van der Waals surface area contributed by atoms with Crippen molar-refractivity contribution in [2.45, 2.75) is 39.5 Å². The molecule has 2 atom stereocenters. The highest BCUT2D eigenvalue weighted by atomic mass is 35.5. The largest absolute Gasteiger partial charge is 0.118 e. The molecule has 1 aromatic carbocycles. The summed E-state index contributed by atoms with van der Waals surface area (Å²) >= 11 is 6.41. The van der Waals surface area contributed by atoms with Crippen molar-refractivity contribution in [1.29, 1.82) is 0 Å². The van der Waals surface area contributed by atoms with Gasteiger partial charge >= 0.3 is 0 Å². The van der Waals surface area contributed by atoms with E-state index in [1.165, 1.54) is 16.7 Å². The van der Waals surface area contributed by atoms with Crippen LogP contribution in [0, 0.1) is 12.8 Å². The standard InChI is InChI=1S/C15H21Cl/c1-11(2)9-13(4)10-15(16)14-7-5-12(3)6-8-14/h5-9,13,15H,10H2,1-4H3. The zero-order valence-electron chi connectivity index (χ0n) is 10.6. The van der Waals surface area contributed by atoms with E-state index in [-0.39, 0.29) is 5.38 Å². The summed E-state index contributed by atoms with van der Waals surface area (Å²) in [4.78, 5) is 0. The number of rotatable bonds is 4. The molecule has 0 aliphatic carbocycles. The fraction of sp³-hybridized carbons (Fsp3) is 0.467. The van der Waals surface area contributed by atoms with Crippen LogP contribution in [0.5, 0.6) is 0 Å². The molecular formula is C15H21Cl. The van der Waals surface area contributed by atoms with Gasteiger partial charge in [-0.05, 0) is 38.7 Å². The second-order valence-electron chi connectivity index (χ2n) is 4.84. The van der Waals surface area contributed by atoms with Gasteiger partial charge in [0.25, 0.3) is 0 Å². The van der Waals surface area contributed by atoms with Crippen LogP contribution in [0.1, 0.15) is 43.7 Å². The SMILES string of the molecule is CC(C)=CC(C)CC(Cl)c1ccc(C)cc1. The Morgan fingerprint density at radius 3 is 2.31 bits per heavy atom. The highest BCUT2D eigenvalue weighted by Crippen LogP contribution is 2.28. The zero-order chi connectivity index (χ0) is 12.1. The molecule has 0 aliphatic heterocycles. The number of allylic oxidation sites excluding steroid dienone is 2. The van der Waals surface area contributed by atoms with E-state index in [9.17, 15) is 0 Å². The van der Waals surface area contributed by atoms with Crippen LogP contribution >= 0.6 is 11.6 Å². The van der Waals surface area contributed by atoms with Gasteiger partial charge < -0.3 is 0 Å². The number of alkyl halides is 1. The van der Waals surface area contributed by atoms with E-state index in [2.05, 4.69) is 58.0 Å². The predicted molar refractivity (Wildman–Crippen MR) is 73.0 cm³/mol. The molecule has 0 aliphatic rings. The fourth-order valence-corrected chi connectivity index (χ4v) is 2.30. The van der Waals surface area contributed by atoms with Gasteiger partial charge in [-0.25, -0.2) is 0 Å². The van der Waals surface area contributed by atoms with Gasteiger partial charge in [0.2, 0.25) is 0 Å².